The van der Waals surface area contributed by atoms with Gasteiger partial charge in [-0.1, -0.05) is 81.4 Å². The number of methoxy groups -OCH3 is 1. The Morgan fingerprint density at radius 3 is 1.61 bits per heavy atom. The van der Waals surface area contributed by atoms with Crippen molar-refractivity contribution in [3.63, 3.8) is 0 Å². The SMILES string of the molecule is COC(=O)CCCCC(=O)O[Si](c1ccccc1)(c1ccccc1)C(C)(C)C. The summed E-state index contributed by atoms with van der Waals surface area (Å²) in [6.07, 6.45) is 1.83. The van der Waals surface area contributed by atoms with Crippen LogP contribution in [0.25, 0.3) is 0 Å². The van der Waals surface area contributed by atoms with Gasteiger partial charge in [0.15, 0.2) is 0 Å². The second-order valence-electron chi connectivity index (χ2n) is 7.92. The minimum atomic E-state index is -2.84. The molecular formula is C23H30O4Si. The zero-order valence-electron chi connectivity index (χ0n) is 17.2. The zero-order valence-corrected chi connectivity index (χ0v) is 18.2. The lowest BCUT2D eigenvalue weighted by Crippen LogP contribution is -2.67. The Balaban J connectivity index is 2.31. The van der Waals surface area contributed by atoms with Crippen molar-refractivity contribution < 1.29 is 18.8 Å². The highest BCUT2D eigenvalue weighted by Gasteiger charge is 2.52. The van der Waals surface area contributed by atoms with Gasteiger partial charge in [0, 0.05) is 12.8 Å². The molecule has 0 unspecified atom stereocenters. The van der Waals surface area contributed by atoms with Gasteiger partial charge in [0.25, 0.3) is 5.97 Å². The average molecular weight is 399 g/mol. The van der Waals surface area contributed by atoms with Gasteiger partial charge in [0.05, 0.1) is 7.11 Å². The number of benzene rings is 2. The molecule has 0 aliphatic heterocycles. The molecule has 2 aromatic carbocycles. The van der Waals surface area contributed by atoms with Crippen molar-refractivity contribution in [2.75, 3.05) is 7.11 Å². The summed E-state index contributed by atoms with van der Waals surface area (Å²) in [5.41, 5.74) is 0. The fourth-order valence-electron chi connectivity index (χ4n) is 3.51. The molecule has 28 heavy (non-hydrogen) atoms. The Morgan fingerprint density at radius 2 is 1.21 bits per heavy atom. The minimum absolute atomic E-state index is 0.209. The molecule has 0 saturated heterocycles. The fraction of sp³-hybridized carbons (Fsp3) is 0.391. The summed E-state index contributed by atoms with van der Waals surface area (Å²) in [4.78, 5) is 24.1. The van der Waals surface area contributed by atoms with Crippen LogP contribution in [-0.4, -0.2) is 27.4 Å². The van der Waals surface area contributed by atoms with E-state index in [1.54, 1.807) is 0 Å². The predicted octanol–water partition coefficient (Wildman–Crippen LogP) is 3.82. The minimum Gasteiger partial charge on any atom is -0.510 e. The van der Waals surface area contributed by atoms with Crippen molar-refractivity contribution in [2.24, 2.45) is 0 Å². The summed E-state index contributed by atoms with van der Waals surface area (Å²) < 4.78 is 11.0. The third-order valence-corrected chi connectivity index (χ3v) is 9.86. The number of carbonyl (C=O) groups is 2. The number of esters is 1. The van der Waals surface area contributed by atoms with E-state index in [1.165, 1.54) is 7.11 Å². The topological polar surface area (TPSA) is 52.6 Å². The van der Waals surface area contributed by atoms with E-state index in [2.05, 4.69) is 49.8 Å². The van der Waals surface area contributed by atoms with Crippen LogP contribution in [0.2, 0.25) is 5.04 Å². The third kappa shape index (κ3) is 5.10. The van der Waals surface area contributed by atoms with Gasteiger partial charge in [-0.25, -0.2) is 0 Å². The molecule has 2 aromatic rings. The number of hydrogen-bond donors (Lipinski definition) is 0. The third-order valence-electron chi connectivity index (χ3n) is 4.92. The van der Waals surface area contributed by atoms with Crippen molar-refractivity contribution in [1.29, 1.82) is 0 Å². The lowest BCUT2D eigenvalue weighted by atomic mass is 10.2. The molecule has 0 N–H and O–H groups in total. The van der Waals surface area contributed by atoms with E-state index in [4.69, 9.17) is 4.43 Å². The maximum atomic E-state index is 12.9. The Morgan fingerprint density at radius 1 is 0.786 bits per heavy atom. The van der Waals surface area contributed by atoms with Gasteiger partial charge in [-0.3, -0.25) is 9.59 Å². The first-order valence-electron chi connectivity index (χ1n) is 9.71. The highest BCUT2D eigenvalue weighted by Crippen LogP contribution is 2.37. The lowest BCUT2D eigenvalue weighted by Gasteiger charge is -2.42. The van der Waals surface area contributed by atoms with Crippen LogP contribution < -0.4 is 10.4 Å². The van der Waals surface area contributed by atoms with Gasteiger partial charge < -0.3 is 9.16 Å². The Bertz CT molecular complexity index is 727. The number of rotatable bonds is 8. The fourth-order valence-corrected chi connectivity index (χ4v) is 7.89. The number of unbranched alkanes of at least 4 members (excludes halogenated alkanes) is 1. The van der Waals surface area contributed by atoms with Gasteiger partial charge in [-0.15, -0.1) is 0 Å². The lowest BCUT2D eigenvalue weighted by molar-refractivity contribution is -0.141. The number of carbonyl (C=O) groups excluding carboxylic acids is 2. The van der Waals surface area contributed by atoms with E-state index in [-0.39, 0.29) is 17.0 Å². The molecule has 0 spiro atoms. The largest absolute Gasteiger partial charge is 0.510 e. The maximum absolute atomic E-state index is 12.9. The molecule has 0 atom stereocenters. The molecule has 0 fully saturated rings. The summed E-state index contributed by atoms with van der Waals surface area (Å²) in [6, 6.07) is 20.2. The molecule has 0 amide bonds. The van der Waals surface area contributed by atoms with E-state index < -0.39 is 8.32 Å². The molecule has 0 saturated carbocycles. The van der Waals surface area contributed by atoms with Crippen LogP contribution in [0.5, 0.6) is 0 Å². The van der Waals surface area contributed by atoms with E-state index in [0.717, 1.165) is 10.4 Å². The monoisotopic (exact) mass is 398 g/mol. The van der Waals surface area contributed by atoms with E-state index >= 15 is 0 Å². The molecule has 0 heterocycles. The quantitative estimate of drug-likeness (QED) is 0.385. The highest BCUT2D eigenvalue weighted by atomic mass is 28.4. The molecule has 2 rings (SSSR count). The van der Waals surface area contributed by atoms with Crippen molar-refractivity contribution in [2.45, 2.75) is 51.5 Å². The van der Waals surface area contributed by atoms with Crippen LogP contribution >= 0.6 is 0 Å². The standard InChI is InChI=1S/C23H30O4Si/c1-23(2,3)28(19-13-7-5-8-14-19,20-15-9-6-10-16-20)27-22(25)18-12-11-17-21(24)26-4/h5-10,13-16H,11-12,17-18H2,1-4H3. The molecule has 0 aliphatic rings. The van der Waals surface area contributed by atoms with Gasteiger partial charge in [0.1, 0.15) is 0 Å². The van der Waals surface area contributed by atoms with Crippen molar-refractivity contribution in [3.05, 3.63) is 60.7 Å². The van der Waals surface area contributed by atoms with Crippen LogP contribution in [0.4, 0.5) is 0 Å². The van der Waals surface area contributed by atoms with Crippen LogP contribution in [0.3, 0.4) is 0 Å². The summed E-state index contributed by atoms with van der Waals surface area (Å²) >= 11 is 0. The molecule has 150 valence electrons. The average Bonchev–Trinajstić information content (AvgIpc) is 2.69. The Labute approximate surface area is 169 Å². The molecule has 0 aromatic heterocycles. The predicted molar refractivity (Wildman–Crippen MR) is 114 cm³/mol. The van der Waals surface area contributed by atoms with Crippen LogP contribution in [-0.2, 0) is 18.8 Å². The maximum Gasteiger partial charge on any atom is 0.323 e. The zero-order chi connectivity index (χ0) is 20.6. The summed E-state index contributed by atoms with van der Waals surface area (Å²) in [5, 5.41) is 1.92. The second-order valence-corrected chi connectivity index (χ2v) is 12.1. The van der Waals surface area contributed by atoms with E-state index in [1.807, 2.05) is 36.4 Å². The first-order valence-corrected chi connectivity index (χ1v) is 11.6. The molecule has 4 nitrogen and oxygen atoms in total. The normalized spacial score (nSPS) is 11.7. The Hall–Kier alpha value is -2.40. The first kappa shape index (κ1) is 21.9. The Kier molecular flexibility index (Phi) is 7.58. The van der Waals surface area contributed by atoms with E-state index in [0.29, 0.717) is 25.7 Å². The van der Waals surface area contributed by atoms with Gasteiger partial charge in [0.2, 0.25) is 0 Å². The van der Waals surface area contributed by atoms with Crippen molar-refractivity contribution in [1.82, 2.24) is 0 Å². The van der Waals surface area contributed by atoms with Crippen LogP contribution in [0.15, 0.2) is 60.7 Å². The van der Waals surface area contributed by atoms with Crippen LogP contribution in [0, 0.1) is 0 Å². The molecule has 0 aliphatic carbocycles. The molecule has 0 bridgehead atoms. The van der Waals surface area contributed by atoms with Crippen LogP contribution in [0.1, 0.15) is 46.5 Å². The molecular weight excluding hydrogens is 368 g/mol. The molecule has 0 radical (unpaired) electrons. The van der Waals surface area contributed by atoms with Gasteiger partial charge in [-0.05, 0) is 28.3 Å². The van der Waals surface area contributed by atoms with Crippen molar-refractivity contribution in [3.8, 4) is 0 Å². The van der Waals surface area contributed by atoms with E-state index in [9.17, 15) is 9.59 Å². The summed E-state index contributed by atoms with van der Waals surface area (Å²) in [6.45, 7) is 6.43. The summed E-state index contributed by atoms with van der Waals surface area (Å²) in [7, 11) is -1.47. The first-order chi connectivity index (χ1) is 13.3. The molecule has 5 heteroatoms. The van der Waals surface area contributed by atoms with Crippen molar-refractivity contribution >= 4 is 30.6 Å². The number of hydrogen-bond acceptors (Lipinski definition) is 4. The van der Waals surface area contributed by atoms with Gasteiger partial charge >= 0.3 is 14.3 Å². The summed E-state index contributed by atoms with van der Waals surface area (Å²) in [5.74, 6) is -0.459. The smallest absolute Gasteiger partial charge is 0.323 e. The second kappa shape index (κ2) is 9.69. The highest BCUT2D eigenvalue weighted by molar-refractivity contribution is 7.00. The van der Waals surface area contributed by atoms with Gasteiger partial charge in [-0.2, -0.15) is 0 Å². The number of ether oxygens (including phenoxy) is 1.